The summed E-state index contributed by atoms with van der Waals surface area (Å²) in [6.07, 6.45) is 0. The lowest BCUT2D eigenvalue weighted by Crippen LogP contribution is -2.06. The second-order valence-electron chi connectivity index (χ2n) is 4.49. The molecule has 1 aliphatic rings. The number of hydrogen-bond acceptors (Lipinski definition) is 3. The fraction of sp³-hybridized carbons (Fsp3) is 0.200. The van der Waals surface area contributed by atoms with Crippen LogP contribution in [0, 0.1) is 0 Å². The van der Waals surface area contributed by atoms with Gasteiger partial charge in [0.1, 0.15) is 0 Å². The fourth-order valence-corrected chi connectivity index (χ4v) is 2.49. The molecule has 0 saturated carbocycles. The molecule has 19 heavy (non-hydrogen) atoms. The zero-order valence-corrected chi connectivity index (χ0v) is 12.1. The van der Waals surface area contributed by atoms with Crippen LogP contribution in [-0.4, -0.2) is 6.79 Å². The molecule has 1 heterocycles. The maximum Gasteiger partial charge on any atom is 0.231 e. The number of hydrogen-bond donors (Lipinski definition) is 1. The number of benzene rings is 2. The molecular weight excluding hydrogens is 306 g/mol. The van der Waals surface area contributed by atoms with Crippen molar-refractivity contribution in [1.82, 2.24) is 0 Å². The van der Waals surface area contributed by atoms with Gasteiger partial charge in [-0.2, -0.15) is 0 Å². The molecule has 0 aliphatic carbocycles. The lowest BCUT2D eigenvalue weighted by atomic mass is 10.1. The summed E-state index contributed by atoms with van der Waals surface area (Å²) < 4.78 is 11.8. The molecule has 0 fully saturated rings. The summed E-state index contributed by atoms with van der Waals surface area (Å²) >= 11 is 3.47. The van der Waals surface area contributed by atoms with Gasteiger partial charge in [0.25, 0.3) is 0 Å². The van der Waals surface area contributed by atoms with E-state index in [1.54, 1.807) is 0 Å². The van der Waals surface area contributed by atoms with Crippen LogP contribution in [0.25, 0.3) is 0 Å². The Bertz CT molecular complexity index is 600. The van der Waals surface area contributed by atoms with Crippen molar-refractivity contribution in [3.05, 3.63) is 52.5 Å². The average molecular weight is 320 g/mol. The van der Waals surface area contributed by atoms with Gasteiger partial charge >= 0.3 is 0 Å². The minimum atomic E-state index is 0.198. The Morgan fingerprint density at radius 1 is 1.11 bits per heavy atom. The second kappa shape index (κ2) is 5.13. The van der Waals surface area contributed by atoms with E-state index in [0.717, 1.165) is 21.7 Å². The van der Waals surface area contributed by atoms with Crippen LogP contribution in [0.4, 0.5) is 5.69 Å². The van der Waals surface area contributed by atoms with Gasteiger partial charge in [-0.3, -0.25) is 0 Å². The highest BCUT2D eigenvalue weighted by Gasteiger charge is 2.15. The highest BCUT2D eigenvalue weighted by atomic mass is 79.9. The molecule has 2 aromatic carbocycles. The SMILES string of the molecule is CC(Nc1cccc(Br)c1)c1ccc2c(c1)OCO2. The molecule has 0 radical (unpaired) electrons. The van der Waals surface area contributed by atoms with Gasteiger partial charge in [0.2, 0.25) is 6.79 Å². The zero-order chi connectivity index (χ0) is 13.2. The largest absolute Gasteiger partial charge is 0.454 e. The molecule has 1 N–H and O–H groups in total. The molecule has 0 amide bonds. The summed E-state index contributed by atoms with van der Waals surface area (Å²) in [7, 11) is 0. The number of fused-ring (bicyclic) bond motifs is 1. The standard InChI is InChI=1S/C15H14BrNO2/c1-10(17-13-4-2-3-12(16)8-13)11-5-6-14-15(7-11)19-9-18-14/h2-8,10,17H,9H2,1H3. The minimum absolute atomic E-state index is 0.198. The smallest absolute Gasteiger partial charge is 0.231 e. The third-order valence-corrected chi connectivity index (χ3v) is 3.60. The number of anilines is 1. The van der Waals surface area contributed by atoms with Gasteiger partial charge in [0.05, 0.1) is 0 Å². The number of rotatable bonds is 3. The van der Waals surface area contributed by atoms with E-state index in [2.05, 4.69) is 40.3 Å². The zero-order valence-electron chi connectivity index (χ0n) is 10.5. The molecule has 1 aliphatic heterocycles. The first kappa shape index (κ1) is 12.4. The molecule has 2 aromatic rings. The fourth-order valence-electron chi connectivity index (χ4n) is 2.09. The number of ether oxygens (including phenoxy) is 2. The van der Waals surface area contributed by atoms with Crippen molar-refractivity contribution in [3.63, 3.8) is 0 Å². The maximum atomic E-state index is 5.40. The minimum Gasteiger partial charge on any atom is -0.454 e. The summed E-state index contributed by atoms with van der Waals surface area (Å²) in [5, 5.41) is 3.46. The van der Waals surface area contributed by atoms with Gasteiger partial charge in [-0.05, 0) is 42.8 Å². The van der Waals surface area contributed by atoms with Gasteiger partial charge in [-0.25, -0.2) is 0 Å². The highest BCUT2D eigenvalue weighted by Crippen LogP contribution is 2.34. The Morgan fingerprint density at radius 3 is 2.79 bits per heavy atom. The summed E-state index contributed by atoms with van der Waals surface area (Å²) in [5.74, 6) is 1.64. The Hall–Kier alpha value is -1.68. The van der Waals surface area contributed by atoms with E-state index >= 15 is 0 Å². The first-order valence-electron chi connectivity index (χ1n) is 6.14. The molecule has 0 spiro atoms. The monoisotopic (exact) mass is 319 g/mol. The van der Waals surface area contributed by atoms with Crippen molar-refractivity contribution in [2.24, 2.45) is 0 Å². The van der Waals surface area contributed by atoms with Crippen LogP contribution in [0.2, 0.25) is 0 Å². The first-order valence-corrected chi connectivity index (χ1v) is 6.93. The van der Waals surface area contributed by atoms with Gasteiger partial charge in [-0.1, -0.05) is 28.1 Å². The quantitative estimate of drug-likeness (QED) is 0.912. The summed E-state index contributed by atoms with van der Waals surface area (Å²) in [6, 6.07) is 14.4. The van der Waals surface area contributed by atoms with Crippen LogP contribution >= 0.6 is 15.9 Å². The van der Waals surface area contributed by atoms with Crippen LogP contribution in [0.3, 0.4) is 0 Å². The Morgan fingerprint density at radius 2 is 1.95 bits per heavy atom. The third-order valence-electron chi connectivity index (χ3n) is 3.10. The van der Waals surface area contributed by atoms with Gasteiger partial charge in [0, 0.05) is 16.2 Å². The van der Waals surface area contributed by atoms with Crippen molar-refractivity contribution in [3.8, 4) is 11.5 Å². The van der Waals surface area contributed by atoms with E-state index in [9.17, 15) is 0 Å². The molecule has 1 atom stereocenters. The summed E-state index contributed by atoms with van der Waals surface area (Å²) in [6.45, 7) is 2.44. The van der Waals surface area contributed by atoms with Crippen LogP contribution in [0.1, 0.15) is 18.5 Å². The van der Waals surface area contributed by atoms with Gasteiger partial charge in [-0.15, -0.1) is 0 Å². The Kier molecular flexibility index (Phi) is 3.34. The van der Waals surface area contributed by atoms with Crippen molar-refractivity contribution in [2.45, 2.75) is 13.0 Å². The number of nitrogens with one attached hydrogen (secondary N) is 1. The van der Waals surface area contributed by atoms with Crippen LogP contribution < -0.4 is 14.8 Å². The van der Waals surface area contributed by atoms with E-state index in [1.165, 1.54) is 5.56 Å². The molecule has 0 aromatic heterocycles. The van der Waals surface area contributed by atoms with E-state index < -0.39 is 0 Å². The van der Waals surface area contributed by atoms with Crippen LogP contribution in [0.15, 0.2) is 46.9 Å². The van der Waals surface area contributed by atoms with E-state index in [1.807, 2.05) is 30.3 Å². The predicted octanol–water partition coefficient (Wildman–Crippen LogP) is 4.35. The molecule has 0 saturated heterocycles. The average Bonchev–Trinajstić information content (AvgIpc) is 2.85. The molecule has 3 rings (SSSR count). The Balaban J connectivity index is 1.78. The van der Waals surface area contributed by atoms with Crippen molar-refractivity contribution < 1.29 is 9.47 Å². The topological polar surface area (TPSA) is 30.5 Å². The van der Waals surface area contributed by atoms with E-state index in [0.29, 0.717) is 6.79 Å². The second-order valence-corrected chi connectivity index (χ2v) is 5.40. The van der Waals surface area contributed by atoms with Crippen LogP contribution in [0.5, 0.6) is 11.5 Å². The maximum absolute atomic E-state index is 5.40. The molecule has 1 unspecified atom stereocenters. The molecular formula is C15H14BrNO2. The molecule has 98 valence electrons. The van der Waals surface area contributed by atoms with Crippen molar-refractivity contribution >= 4 is 21.6 Å². The van der Waals surface area contributed by atoms with Crippen molar-refractivity contribution in [1.29, 1.82) is 0 Å². The van der Waals surface area contributed by atoms with Crippen LogP contribution in [-0.2, 0) is 0 Å². The lowest BCUT2D eigenvalue weighted by Gasteiger charge is -2.16. The Labute approximate surface area is 120 Å². The summed E-state index contributed by atoms with van der Waals surface area (Å²) in [4.78, 5) is 0. The normalized spacial score (nSPS) is 14.2. The van der Waals surface area contributed by atoms with Crippen molar-refractivity contribution in [2.75, 3.05) is 12.1 Å². The molecule has 4 heteroatoms. The highest BCUT2D eigenvalue weighted by molar-refractivity contribution is 9.10. The molecule has 3 nitrogen and oxygen atoms in total. The van der Waals surface area contributed by atoms with Gasteiger partial charge in [0.15, 0.2) is 11.5 Å². The summed E-state index contributed by atoms with van der Waals surface area (Å²) in [5.41, 5.74) is 2.25. The third kappa shape index (κ3) is 2.68. The predicted molar refractivity (Wildman–Crippen MR) is 78.7 cm³/mol. The van der Waals surface area contributed by atoms with Gasteiger partial charge < -0.3 is 14.8 Å². The first-order chi connectivity index (χ1) is 9.22. The van der Waals surface area contributed by atoms with E-state index in [-0.39, 0.29) is 6.04 Å². The molecule has 0 bridgehead atoms. The van der Waals surface area contributed by atoms with E-state index in [4.69, 9.17) is 9.47 Å². The number of halogens is 1. The lowest BCUT2D eigenvalue weighted by molar-refractivity contribution is 0.174.